The molecule has 20 heavy (non-hydrogen) atoms. The summed E-state index contributed by atoms with van der Waals surface area (Å²) in [6, 6.07) is 5.07. The number of benzene rings is 1. The number of hydrogen-bond donors (Lipinski definition) is 4. The van der Waals surface area contributed by atoms with Crippen molar-refractivity contribution in [2.75, 3.05) is 0 Å². The molecule has 5 N–H and O–H groups in total. The molecular weight excluding hydrogens is 284 g/mol. The monoisotopic (exact) mass is 302 g/mol. The van der Waals surface area contributed by atoms with E-state index in [-0.39, 0.29) is 24.6 Å². The minimum atomic E-state index is -1.14. The molecule has 6 nitrogen and oxygen atoms in total. The number of aromatic hydroxyl groups is 1. The molecule has 1 rings (SSSR count). The first-order valence-corrected chi connectivity index (χ1v) is 5.80. The quantitative estimate of drug-likeness (QED) is 0.638. The molecule has 0 aliphatic heterocycles. The molecule has 1 amide bonds. The second kappa shape index (κ2) is 7.12. The van der Waals surface area contributed by atoms with E-state index in [1.54, 1.807) is 12.1 Å². The van der Waals surface area contributed by atoms with Gasteiger partial charge in [0, 0.05) is 6.42 Å². The summed E-state index contributed by atoms with van der Waals surface area (Å²) in [5.41, 5.74) is 5.16. The third-order valence-corrected chi connectivity index (χ3v) is 2.56. The van der Waals surface area contributed by atoms with Gasteiger partial charge in [0.15, 0.2) is 0 Å². The van der Waals surface area contributed by atoms with Crippen LogP contribution in [0.5, 0.6) is 5.75 Å². The number of hydrogen-bond acceptors (Lipinski definition) is 4. The van der Waals surface area contributed by atoms with Crippen LogP contribution >= 0.6 is 12.4 Å². The molecule has 0 aliphatic carbocycles. The van der Waals surface area contributed by atoms with Crippen molar-refractivity contribution in [3.05, 3.63) is 29.8 Å². The average Bonchev–Trinajstić information content (AvgIpc) is 2.29. The lowest BCUT2D eigenvalue weighted by molar-refractivity contribution is -0.142. The lowest BCUT2D eigenvalue weighted by atomic mass is 10.0. The molecule has 0 bridgehead atoms. The van der Waals surface area contributed by atoms with E-state index in [2.05, 4.69) is 5.32 Å². The number of amides is 1. The summed E-state index contributed by atoms with van der Waals surface area (Å²) in [5.74, 6) is -1.56. The first-order chi connectivity index (χ1) is 8.70. The molecule has 112 valence electrons. The van der Waals surface area contributed by atoms with Gasteiger partial charge in [-0.3, -0.25) is 4.79 Å². The maximum absolute atomic E-state index is 11.7. The number of carbonyl (C=O) groups excluding carboxylic acids is 1. The van der Waals surface area contributed by atoms with Crippen LogP contribution in [0.4, 0.5) is 0 Å². The Morgan fingerprint density at radius 3 is 2.20 bits per heavy atom. The van der Waals surface area contributed by atoms with Crippen LogP contribution in [0.3, 0.4) is 0 Å². The first kappa shape index (κ1) is 18.2. The van der Waals surface area contributed by atoms with E-state index in [1.165, 1.54) is 26.0 Å². The largest absolute Gasteiger partial charge is 0.508 e. The molecule has 0 radical (unpaired) electrons. The average molecular weight is 303 g/mol. The Morgan fingerprint density at radius 2 is 1.80 bits per heavy atom. The number of aliphatic carboxylic acids is 1. The van der Waals surface area contributed by atoms with Crippen molar-refractivity contribution in [1.29, 1.82) is 0 Å². The zero-order chi connectivity index (χ0) is 14.6. The second-order valence-electron chi connectivity index (χ2n) is 4.96. The number of carboxylic acid groups (broad SMARTS) is 1. The van der Waals surface area contributed by atoms with Crippen molar-refractivity contribution in [3.63, 3.8) is 0 Å². The number of nitrogens with one attached hydrogen (secondary N) is 1. The lowest BCUT2D eigenvalue weighted by Crippen LogP contribution is -2.54. The zero-order valence-corrected chi connectivity index (χ0v) is 12.1. The van der Waals surface area contributed by atoms with Crippen LogP contribution in [0, 0.1) is 0 Å². The van der Waals surface area contributed by atoms with Crippen LogP contribution in [0.1, 0.15) is 19.4 Å². The third kappa shape index (κ3) is 5.46. The summed E-state index contributed by atoms with van der Waals surface area (Å²) >= 11 is 0. The molecule has 7 heteroatoms. The molecule has 0 saturated heterocycles. The molecule has 0 heterocycles. The summed E-state index contributed by atoms with van der Waals surface area (Å²) in [6.45, 7) is 3.00. The van der Waals surface area contributed by atoms with Crippen LogP contribution in [-0.2, 0) is 16.0 Å². The van der Waals surface area contributed by atoms with Crippen LogP contribution in [0.15, 0.2) is 24.3 Å². The van der Waals surface area contributed by atoms with Gasteiger partial charge in [0.2, 0.25) is 5.91 Å². The Labute approximate surface area is 123 Å². The number of carboxylic acids is 1. The molecule has 0 spiro atoms. The van der Waals surface area contributed by atoms with Gasteiger partial charge in [-0.05, 0) is 31.5 Å². The smallest absolute Gasteiger partial charge is 0.326 e. The van der Waals surface area contributed by atoms with Gasteiger partial charge < -0.3 is 21.3 Å². The summed E-state index contributed by atoms with van der Waals surface area (Å²) < 4.78 is 0. The van der Waals surface area contributed by atoms with E-state index in [9.17, 15) is 9.59 Å². The predicted molar refractivity (Wildman–Crippen MR) is 76.9 cm³/mol. The minimum Gasteiger partial charge on any atom is -0.508 e. The van der Waals surface area contributed by atoms with Gasteiger partial charge in [-0.2, -0.15) is 0 Å². The normalized spacial score (nSPS) is 12.2. The van der Waals surface area contributed by atoms with Crippen molar-refractivity contribution in [2.24, 2.45) is 5.73 Å². The van der Waals surface area contributed by atoms with E-state index in [4.69, 9.17) is 15.9 Å². The van der Waals surface area contributed by atoms with Crippen molar-refractivity contribution in [3.8, 4) is 5.75 Å². The minimum absolute atomic E-state index is 0. The third-order valence-electron chi connectivity index (χ3n) is 2.56. The van der Waals surface area contributed by atoms with Gasteiger partial charge in [0.25, 0.3) is 0 Å². The highest BCUT2D eigenvalue weighted by molar-refractivity contribution is 5.89. The van der Waals surface area contributed by atoms with E-state index in [0.29, 0.717) is 5.56 Å². The Morgan fingerprint density at radius 1 is 1.30 bits per heavy atom. The number of phenols is 1. The van der Waals surface area contributed by atoms with Gasteiger partial charge in [-0.15, -0.1) is 12.4 Å². The Hall–Kier alpha value is -1.79. The highest BCUT2D eigenvalue weighted by Crippen LogP contribution is 2.11. The van der Waals surface area contributed by atoms with Crippen LogP contribution < -0.4 is 11.1 Å². The first-order valence-electron chi connectivity index (χ1n) is 5.80. The van der Waals surface area contributed by atoms with E-state index in [1.807, 2.05) is 0 Å². The SMILES string of the molecule is CC(C)(N)C(=O)N[C@@H](Cc1ccc(O)cc1)C(=O)O.Cl. The van der Waals surface area contributed by atoms with E-state index < -0.39 is 23.5 Å². The molecule has 0 aliphatic rings. The highest BCUT2D eigenvalue weighted by atomic mass is 35.5. The molecule has 0 saturated carbocycles. The van der Waals surface area contributed by atoms with Gasteiger partial charge in [-0.1, -0.05) is 12.1 Å². The molecule has 0 fully saturated rings. The number of halogens is 1. The van der Waals surface area contributed by atoms with Crippen LogP contribution in [0.25, 0.3) is 0 Å². The molecule has 0 aromatic heterocycles. The fourth-order valence-corrected chi connectivity index (χ4v) is 1.41. The summed E-state index contributed by atoms with van der Waals surface area (Å²) in [5, 5.41) is 20.6. The summed E-state index contributed by atoms with van der Waals surface area (Å²) in [7, 11) is 0. The van der Waals surface area contributed by atoms with Crippen molar-refractivity contribution < 1.29 is 19.8 Å². The molecule has 1 atom stereocenters. The zero-order valence-electron chi connectivity index (χ0n) is 11.3. The van der Waals surface area contributed by atoms with Crippen molar-refractivity contribution in [2.45, 2.75) is 31.8 Å². The fourth-order valence-electron chi connectivity index (χ4n) is 1.41. The number of carbonyl (C=O) groups is 2. The highest BCUT2D eigenvalue weighted by Gasteiger charge is 2.27. The van der Waals surface area contributed by atoms with E-state index >= 15 is 0 Å². The standard InChI is InChI=1S/C13H18N2O4.ClH/c1-13(2,14)12(19)15-10(11(17)18)7-8-3-5-9(16)6-4-8;/h3-6,10,16H,7,14H2,1-2H3,(H,15,19)(H,17,18);1H/t10-;/m0./s1. The molecule has 1 aromatic rings. The summed E-state index contributed by atoms with van der Waals surface area (Å²) in [4.78, 5) is 22.8. The Kier molecular flexibility index (Phi) is 6.48. The number of rotatable bonds is 5. The number of phenolic OH excluding ortho intramolecular Hbond substituents is 1. The maximum Gasteiger partial charge on any atom is 0.326 e. The molecular formula is C13H19ClN2O4. The van der Waals surface area contributed by atoms with Gasteiger partial charge >= 0.3 is 5.97 Å². The van der Waals surface area contributed by atoms with Crippen molar-refractivity contribution >= 4 is 24.3 Å². The molecule has 0 unspecified atom stereocenters. The topological polar surface area (TPSA) is 113 Å². The second-order valence-corrected chi connectivity index (χ2v) is 4.96. The van der Waals surface area contributed by atoms with Gasteiger partial charge in [-0.25, -0.2) is 4.79 Å². The van der Waals surface area contributed by atoms with Crippen molar-refractivity contribution in [1.82, 2.24) is 5.32 Å². The summed E-state index contributed by atoms with van der Waals surface area (Å²) in [6.07, 6.45) is 0.122. The maximum atomic E-state index is 11.7. The Balaban J connectivity index is 0.00000361. The van der Waals surface area contributed by atoms with Gasteiger partial charge in [0.05, 0.1) is 5.54 Å². The van der Waals surface area contributed by atoms with Crippen LogP contribution in [-0.4, -0.2) is 33.7 Å². The number of nitrogens with two attached hydrogens (primary N) is 1. The Bertz CT molecular complexity index is 468. The lowest BCUT2D eigenvalue weighted by Gasteiger charge is -2.22. The predicted octanol–water partition coefficient (Wildman–Crippen LogP) is 0.663. The fraction of sp³-hybridized carbons (Fsp3) is 0.385. The van der Waals surface area contributed by atoms with Gasteiger partial charge in [0.1, 0.15) is 11.8 Å². The molecule has 1 aromatic carbocycles. The van der Waals surface area contributed by atoms with E-state index in [0.717, 1.165) is 0 Å². The van der Waals surface area contributed by atoms with Crippen LogP contribution in [0.2, 0.25) is 0 Å².